The first-order chi connectivity index (χ1) is 16.6. The summed E-state index contributed by atoms with van der Waals surface area (Å²) in [5.74, 6) is 4.95. The van der Waals surface area contributed by atoms with E-state index < -0.39 is 0 Å². The van der Waals surface area contributed by atoms with Gasteiger partial charge in [0.1, 0.15) is 0 Å². The van der Waals surface area contributed by atoms with Crippen molar-refractivity contribution in [2.75, 3.05) is 23.0 Å². The van der Waals surface area contributed by atoms with Crippen LogP contribution in [0.1, 0.15) is 106 Å². The van der Waals surface area contributed by atoms with Crippen molar-refractivity contribution >= 4 is 23.5 Å². The van der Waals surface area contributed by atoms with Gasteiger partial charge >= 0.3 is 0 Å². The van der Waals surface area contributed by atoms with E-state index in [1.165, 1.54) is 61.5 Å². The van der Waals surface area contributed by atoms with Crippen LogP contribution in [-0.4, -0.2) is 23.0 Å². The molecule has 2 unspecified atom stereocenters. The largest absolute Gasteiger partial charge is 0.162 e. The third-order valence-corrected chi connectivity index (χ3v) is 8.70. The molecule has 196 valence electrons. The van der Waals surface area contributed by atoms with Crippen LogP contribution < -0.4 is 0 Å². The van der Waals surface area contributed by atoms with Gasteiger partial charge in [-0.3, -0.25) is 0 Å². The number of hydrogen-bond acceptors (Lipinski definition) is 2. The van der Waals surface area contributed by atoms with Crippen LogP contribution in [0.15, 0.2) is 60.8 Å². The second-order valence-corrected chi connectivity index (χ2v) is 11.8. The van der Waals surface area contributed by atoms with Crippen molar-refractivity contribution in [1.29, 1.82) is 0 Å². The average Bonchev–Trinajstić information content (AvgIpc) is 2.85. The number of unbranched alkanes of at least 4 members (excludes halogenated alkanes) is 2. The maximum Gasteiger partial charge on any atom is 0.0370 e. The zero-order valence-electron chi connectivity index (χ0n) is 23.5. The molecule has 0 fully saturated rings. The molecule has 2 heteroatoms. The zero-order chi connectivity index (χ0) is 25.5. The summed E-state index contributed by atoms with van der Waals surface area (Å²) in [6, 6.07) is 0. The second-order valence-electron chi connectivity index (χ2n) is 9.14. The molecule has 0 saturated carbocycles. The van der Waals surface area contributed by atoms with Gasteiger partial charge in [0.25, 0.3) is 0 Å². The smallest absolute Gasteiger partial charge is 0.0370 e. The van der Waals surface area contributed by atoms with Crippen molar-refractivity contribution in [2.45, 2.75) is 106 Å². The molecule has 0 aromatic carbocycles. The van der Waals surface area contributed by atoms with Gasteiger partial charge in [0.15, 0.2) is 0 Å². The van der Waals surface area contributed by atoms with Crippen LogP contribution >= 0.6 is 23.5 Å². The molecule has 0 radical (unpaired) electrons. The second kappa shape index (κ2) is 21.7. The Morgan fingerprint density at radius 2 is 1.50 bits per heavy atom. The van der Waals surface area contributed by atoms with E-state index >= 15 is 0 Å². The Bertz CT molecular complexity index is 613. The minimum absolute atomic E-state index is 0.0890. The predicted octanol–water partition coefficient (Wildman–Crippen LogP) is 11.2. The highest BCUT2D eigenvalue weighted by atomic mass is 32.2. The predicted molar refractivity (Wildman–Crippen MR) is 165 cm³/mol. The number of allylic oxidation sites excluding steroid dienone is 9. The molecule has 2 atom stereocenters. The number of hydrogen-bond donors (Lipinski definition) is 0. The lowest BCUT2D eigenvalue weighted by Gasteiger charge is -2.47. The molecule has 0 aliphatic heterocycles. The van der Waals surface area contributed by atoms with E-state index in [0.717, 1.165) is 25.7 Å². The molecule has 0 N–H and O–H groups in total. The van der Waals surface area contributed by atoms with Gasteiger partial charge in [-0.1, -0.05) is 102 Å². The molecule has 0 amide bonds. The first-order valence-corrected chi connectivity index (χ1v) is 16.4. The van der Waals surface area contributed by atoms with Gasteiger partial charge < -0.3 is 0 Å². The van der Waals surface area contributed by atoms with E-state index in [2.05, 4.69) is 120 Å². The van der Waals surface area contributed by atoms with Gasteiger partial charge in [-0.2, -0.15) is 23.5 Å². The van der Waals surface area contributed by atoms with Gasteiger partial charge in [0.05, 0.1) is 0 Å². The lowest BCUT2D eigenvalue weighted by molar-refractivity contribution is 0.268. The van der Waals surface area contributed by atoms with E-state index in [1.54, 1.807) is 5.57 Å². The van der Waals surface area contributed by atoms with Crippen molar-refractivity contribution in [3.8, 4) is 0 Å². The summed E-state index contributed by atoms with van der Waals surface area (Å²) < 4.78 is 0. The van der Waals surface area contributed by atoms with Crippen LogP contribution in [0.5, 0.6) is 0 Å². The fourth-order valence-corrected chi connectivity index (χ4v) is 6.22. The lowest BCUT2D eigenvalue weighted by atomic mass is 9.56. The van der Waals surface area contributed by atoms with Gasteiger partial charge in [-0.05, 0) is 81.3 Å². The number of rotatable bonds is 22. The van der Waals surface area contributed by atoms with Crippen LogP contribution in [0.25, 0.3) is 0 Å². The topological polar surface area (TPSA) is 0 Å². The summed E-state index contributed by atoms with van der Waals surface area (Å²) in [4.78, 5) is 0. The standard InChI is InChI=1S/C32H56S2/c1-8-15-18-25-31(23-11-4,24-17-10-3)32(13-6,26-20-29-34-27-12-5)30(21-16-9-2)22-19-28-33-14-7/h11,13,17-18,21,23-25H,6,8-10,12,14-16,19-20,22,26-29H2,1-5,7H3. The van der Waals surface area contributed by atoms with Gasteiger partial charge in [-0.25, -0.2) is 0 Å². The minimum Gasteiger partial charge on any atom is -0.162 e. The molecular weight excluding hydrogens is 448 g/mol. The molecule has 0 spiro atoms. The van der Waals surface area contributed by atoms with Gasteiger partial charge in [0, 0.05) is 10.8 Å². The summed E-state index contributed by atoms with van der Waals surface area (Å²) in [6.07, 6.45) is 31.2. The van der Waals surface area contributed by atoms with Gasteiger partial charge in [-0.15, -0.1) is 6.58 Å². The summed E-state index contributed by atoms with van der Waals surface area (Å²) in [5.41, 5.74) is 1.36. The summed E-state index contributed by atoms with van der Waals surface area (Å²) in [5, 5.41) is 0. The highest BCUT2D eigenvalue weighted by molar-refractivity contribution is 7.99. The first-order valence-electron chi connectivity index (χ1n) is 14.1. The van der Waals surface area contributed by atoms with Crippen molar-refractivity contribution < 1.29 is 0 Å². The molecule has 0 saturated heterocycles. The molecule has 0 heterocycles. The van der Waals surface area contributed by atoms with E-state index in [0.29, 0.717) is 0 Å². The summed E-state index contributed by atoms with van der Waals surface area (Å²) in [6.45, 7) is 18.1. The molecule has 0 rings (SSSR count). The van der Waals surface area contributed by atoms with Crippen molar-refractivity contribution in [3.05, 3.63) is 60.8 Å². The molecule has 0 aromatic heterocycles. The Labute approximate surface area is 223 Å². The number of thioether (sulfide) groups is 2. The van der Waals surface area contributed by atoms with Crippen LogP contribution in [0.2, 0.25) is 0 Å². The molecular formula is C32H56S2. The summed E-state index contributed by atoms with van der Waals surface area (Å²) >= 11 is 4.18. The third kappa shape index (κ3) is 11.4. The SMILES string of the molecule is C=CC(CCCSCCC)(C(=CCCC)CCCSCC)C(C=CC)(C=CCC)C=CCCC. The maximum absolute atomic E-state index is 4.55. The van der Waals surface area contributed by atoms with E-state index in [-0.39, 0.29) is 10.8 Å². The Kier molecular flexibility index (Phi) is 21.3. The Balaban J connectivity index is 6.71. The first kappa shape index (κ1) is 33.4. The van der Waals surface area contributed by atoms with E-state index in [1.807, 2.05) is 0 Å². The third-order valence-electron chi connectivity index (χ3n) is 6.44. The van der Waals surface area contributed by atoms with Crippen molar-refractivity contribution in [3.63, 3.8) is 0 Å². The monoisotopic (exact) mass is 504 g/mol. The zero-order valence-corrected chi connectivity index (χ0v) is 25.2. The normalized spacial score (nSPS) is 16.5. The fraction of sp³-hybridized carbons (Fsp3) is 0.688. The Morgan fingerprint density at radius 3 is 2.09 bits per heavy atom. The highest BCUT2D eigenvalue weighted by Gasteiger charge is 2.46. The van der Waals surface area contributed by atoms with Crippen LogP contribution in [0.4, 0.5) is 0 Å². The van der Waals surface area contributed by atoms with E-state index in [4.69, 9.17) is 0 Å². The highest BCUT2D eigenvalue weighted by Crippen LogP contribution is 2.55. The quantitative estimate of drug-likeness (QED) is 0.106. The lowest BCUT2D eigenvalue weighted by Crippen LogP contribution is -2.39. The van der Waals surface area contributed by atoms with E-state index in [9.17, 15) is 0 Å². The Hall–Kier alpha value is -0.600. The molecule has 0 aliphatic carbocycles. The molecule has 34 heavy (non-hydrogen) atoms. The summed E-state index contributed by atoms with van der Waals surface area (Å²) in [7, 11) is 0. The van der Waals surface area contributed by atoms with Crippen LogP contribution in [0, 0.1) is 10.8 Å². The maximum atomic E-state index is 4.55. The fourth-order valence-electron chi connectivity index (χ4n) is 4.75. The van der Waals surface area contributed by atoms with Crippen LogP contribution in [-0.2, 0) is 0 Å². The molecule has 0 nitrogen and oxygen atoms in total. The van der Waals surface area contributed by atoms with Gasteiger partial charge in [0.2, 0.25) is 0 Å². The average molecular weight is 505 g/mol. The minimum atomic E-state index is -0.165. The molecule has 0 bridgehead atoms. The van der Waals surface area contributed by atoms with Crippen molar-refractivity contribution in [1.82, 2.24) is 0 Å². The van der Waals surface area contributed by atoms with Crippen molar-refractivity contribution in [2.24, 2.45) is 10.8 Å². The molecule has 0 aromatic rings. The molecule has 0 aliphatic rings. The van der Waals surface area contributed by atoms with Crippen LogP contribution in [0.3, 0.4) is 0 Å². The Morgan fingerprint density at radius 1 is 0.794 bits per heavy atom.